The second-order valence-corrected chi connectivity index (χ2v) is 4.93. The highest BCUT2D eigenvalue weighted by atomic mass is 32.2. The van der Waals surface area contributed by atoms with Crippen LogP contribution >= 0.6 is 11.8 Å². The Labute approximate surface area is 97.6 Å². The monoisotopic (exact) mass is 242 g/mol. The van der Waals surface area contributed by atoms with Crippen molar-refractivity contribution in [2.75, 3.05) is 18.1 Å². The highest BCUT2D eigenvalue weighted by molar-refractivity contribution is 7.99. The molecule has 0 amide bonds. The number of aromatic nitrogens is 3. The Balaban J connectivity index is 2.03. The van der Waals surface area contributed by atoms with Crippen LogP contribution in [0.25, 0.3) is 0 Å². The Morgan fingerprint density at radius 1 is 1.75 bits per heavy atom. The van der Waals surface area contributed by atoms with Crippen molar-refractivity contribution in [2.24, 2.45) is 7.05 Å². The zero-order valence-electron chi connectivity index (χ0n) is 9.04. The zero-order valence-corrected chi connectivity index (χ0v) is 9.85. The second kappa shape index (κ2) is 4.84. The van der Waals surface area contributed by atoms with Crippen LogP contribution in [-0.4, -0.2) is 55.1 Å². The third-order valence-corrected chi connectivity index (χ3v) is 3.56. The van der Waals surface area contributed by atoms with Crippen molar-refractivity contribution in [3.8, 4) is 0 Å². The predicted molar refractivity (Wildman–Crippen MR) is 60.2 cm³/mol. The first-order valence-electron chi connectivity index (χ1n) is 5.06. The van der Waals surface area contributed by atoms with Crippen molar-refractivity contribution in [3.05, 3.63) is 11.9 Å². The fraction of sp³-hybridized carbons (Fsp3) is 0.667. The highest BCUT2D eigenvalue weighted by Crippen LogP contribution is 2.18. The molecule has 0 bridgehead atoms. The van der Waals surface area contributed by atoms with Gasteiger partial charge >= 0.3 is 5.97 Å². The van der Waals surface area contributed by atoms with Crippen molar-refractivity contribution in [2.45, 2.75) is 12.6 Å². The molecule has 1 aliphatic rings. The van der Waals surface area contributed by atoms with Gasteiger partial charge in [0, 0.05) is 37.8 Å². The molecule has 88 valence electrons. The van der Waals surface area contributed by atoms with Gasteiger partial charge in [-0.15, -0.1) is 5.10 Å². The van der Waals surface area contributed by atoms with Crippen LogP contribution in [0.4, 0.5) is 0 Å². The molecule has 0 radical (unpaired) electrons. The molecule has 0 spiro atoms. The number of aliphatic carboxylic acids is 1. The van der Waals surface area contributed by atoms with E-state index >= 15 is 0 Å². The van der Waals surface area contributed by atoms with Crippen molar-refractivity contribution in [1.29, 1.82) is 0 Å². The Morgan fingerprint density at radius 2 is 2.56 bits per heavy atom. The molecule has 0 saturated carbocycles. The number of carboxylic acid groups (broad SMARTS) is 1. The summed E-state index contributed by atoms with van der Waals surface area (Å²) in [5.41, 5.74) is 0.820. The van der Waals surface area contributed by atoms with Gasteiger partial charge in [-0.05, 0) is 0 Å². The summed E-state index contributed by atoms with van der Waals surface area (Å²) in [6.07, 6.45) is 1.82. The largest absolute Gasteiger partial charge is 0.480 e. The van der Waals surface area contributed by atoms with Crippen LogP contribution in [0.5, 0.6) is 0 Å². The van der Waals surface area contributed by atoms with E-state index in [1.165, 1.54) is 0 Å². The zero-order chi connectivity index (χ0) is 11.5. The fourth-order valence-corrected chi connectivity index (χ4v) is 2.84. The first kappa shape index (κ1) is 11.4. The van der Waals surface area contributed by atoms with Crippen LogP contribution in [0.15, 0.2) is 6.20 Å². The van der Waals surface area contributed by atoms with E-state index in [-0.39, 0.29) is 0 Å². The van der Waals surface area contributed by atoms with E-state index in [9.17, 15) is 4.79 Å². The third-order valence-electron chi connectivity index (χ3n) is 2.54. The van der Waals surface area contributed by atoms with Gasteiger partial charge in [0.25, 0.3) is 0 Å². The standard InChI is InChI=1S/C9H14N4O2S/c1-12-4-7(10-11-12)5-13-2-3-16-6-8(13)9(14)15/h4,8H,2-3,5-6H2,1H3,(H,14,15). The van der Waals surface area contributed by atoms with Crippen molar-refractivity contribution in [3.63, 3.8) is 0 Å². The van der Waals surface area contributed by atoms with Crippen LogP contribution in [0.2, 0.25) is 0 Å². The molecule has 1 N–H and O–H groups in total. The molecule has 1 unspecified atom stereocenters. The molecule has 1 atom stereocenters. The number of nitrogens with zero attached hydrogens (tertiary/aromatic N) is 4. The van der Waals surface area contributed by atoms with Gasteiger partial charge in [0.05, 0.1) is 5.69 Å². The Morgan fingerprint density at radius 3 is 3.19 bits per heavy atom. The van der Waals surface area contributed by atoms with E-state index in [0.717, 1.165) is 18.0 Å². The normalized spacial score (nSPS) is 22.2. The van der Waals surface area contributed by atoms with Crippen molar-refractivity contribution >= 4 is 17.7 Å². The lowest BCUT2D eigenvalue weighted by Gasteiger charge is -2.31. The molecule has 1 aromatic heterocycles. The Bertz CT molecular complexity index is 381. The smallest absolute Gasteiger partial charge is 0.321 e. The first-order chi connectivity index (χ1) is 7.66. The SMILES string of the molecule is Cn1cc(CN2CCSCC2C(=O)O)nn1. The van der Waals surface area contributed by atoms with E-state index < -0.39 is 12.0 Å². The maximum absolute atomic E-state index is 11.1. The molecule has 7 heteroatoms. The van der Waals surface area contributed by atoms with Crippen molar-refractivity contribution < 1.29 is 9.90 Å². The molecule has 16 heavy (non-hydrogen) atoms. The summed E-state index contributed by atoms with van der Waals surface area (Å²) in [4.78, 5) is 13.0. The molecule has 6 nitrogen and oxygen atoms in total. The molecule has 1 aliphatic heterocycles. The van der Waals surface area contributed by atoms with Crippen LogP contribution < -0.4 is 0 Å². The quantitative estimate of drug-likeness (QED) is 0.792. The summed E-state index contributed by atoms with van der Waals surface area (Å²) >= 11 is 1.69. The Kier molecular flexibility index (Phi) is 3.45. The number of thioether (sulfide) groups is 1. The van der Waals surface area contributed by atoms with Crippen LogP contribution in [-0.2, 0) is 18.4 Å². The first-order valence-corrected chi connectivity index (χ1v) is 6.22. The lowest BCUT2D eigenvalue weighted by molar-refractivity contribution is -0.142. The minimum atomic E-state index is -0.754. The molecule has 1 aromatic rings. The minimum Gasteiger partial charge on any atom is -0.480 e. The van der Waals surface area contributed by atoms with E-state index in [1.807, 2.05) is 11.1 Å². The van der Waals surface area contributed by atoms with E-state index in [2.05, 4.69) is 10.3 Å². The number of rotatable bonds is 3. The van der Waals surface area contributed by atoms with E-state index in [1.54, 1.807) is 23.5 Å². The van der Waals surface area contributed by atoms with Gasteiger partial charge in [0.2, 0.25) is 0 Å². The summed E-state index contributed by atoms with van der Waals surface area (Å²) < 4.78 is 1.63. The third kappa shape index (κ3) is 2.53. The van der Waals surface area contributed by atoms with Gasteiger partial charge in [0.1, 0.15) is 6.04 Å². The molecule has 0 aliphatic carbocycles. The van der Waals surface area contributed by atoms with Crippen LogP contribution in [0.1, 0.15) is 5.69 Å². The fourth-order valence-electron chi connectivity index (χ4n) is 1.73. The maximum atomic E-state index is 11.1. The van der Waals surface area contributed by atoms with E-state index in [4.69, 9.17) is 5.11 Å². The number of carbonyl (C=O) groups is 1. The second-order valence-electron chi connectivity index (χ2n) is 3.78. The average molecular weight is 242 g/mol. The predicted octanol–water partition coefficient (Wildman–Crippen LogP) is -0.183. The van der Waals surface area contributed by atoms with E-state index in [0.29, 0.717) is 12.3 Å². The molecule has 0 aromatic carbocycles. The summed E-state index contributed by atoms with van der Waals surface area (Å²) in [7, 11) is 1.80. The maximum Gasteiger partial charge on any atom is 0.321 e. The summed E-state index contributed by atoms with van der Waals surface area (Å²) in [5.74, 6) is 0.871. The summed E-state index contributed by atoms with van der Waals surface area (Å²) in [6.45, 7) is 1.35. The van der Waals surface area contributed by atoms with Crippen LogP contribution in [0.3, 0.4) is 0 Å². The number of hydrogen-bond donors (Lipinski definition) is 1. The molecule has 2 rings (SSSR count). The summed E-state index contributed by atoms with van der Waals surface area (Å²) in [5, 5.41) is 16.9. The molecular formula is C9H14N4O2S. The molecule has 2 heterocycles. The van der Waals surface area contributed by atoms with Crippen LogP contribution in [0, 0.1) is 0 Å². The Hall–Kier alpha value is -1.08. The lowest BCUT2D eigenvalue weighted by atomic mass is 10.2. The molecule has 1 fully saturated rings. The molecule has 1 saturated heterocycles. The van der Waals surface area contributed by atoms with Gasteiger partial charge in [-0.1, -0.05) is 5.21 Å². The van der Waals surface area contributed by atoms with Crippen molar-refractivity contribution in [1.82, 2.24) is 19.9 Å². The number of carboxylic acids is 1. The number of aryl methyl sites for hydroxylation is 1. The molecular weight excluding hydrogens is 228 g/mol. The van der Waals surface area contributed by atoms with Gasteiger partial charge < -0.3 is 5.11 Å². The van der Waals surface area contributed by atoms with Gasteiger partial charge in [-0.3, -0.25) is 14.4 Å². The lowest BCUT2D eigenvalue weighted by Crippen LogP contribution is -2.46. The summed E-state index contributed by atoms with van der Waals surface area (Å²) in [6, 6.07) is -0.402. The minimum absolute atomic E-state index is 0.402. The van der Waals surface area contributed by atoms with Gasteiger partial charge in [0.15, 0.2) is 0 Å². The topological polar surface area (TPSA) is 71.2 Å². The van der Waals surface area contributed by atoms with Gasteiger partial charge in [-0.25, -0.2) is 0 Å². The van der Waals surface area contributed by atoms with Gasteiger partial charge in [-0.2, -0.15) is 11.8 Å². The average Bonchev–Trinajstić information content (AvgIpc) is 2.64. The highest BCUT2D eigenvalue weighted by Gasteiger charge is 2.29. The number of hydrogen-bond acceptors (Lipinski definition) is 5.